The Morgan fingerprint density at radius 3 is 2.35 bits per heavy atom. The van der Waals surface area contributed by atoms with E-state index in [0.29, 0.717) is 5.92 Å². The second kappa shape index (κ2) is 9.54. The summed E-state index contributed by atoms with van der Waals surface area (Å²) in [4.78, 5) is 0. The molecule has 0 spiro atoms. The lowest BCUT2D eigenvalue weighted by Crippen LogP contribution is -2.41. The van der Waals surface area contributed by atoms with Gasteiger partial charge in [-0.3, -0.25) is 0 Å². The van der Waals surface area contributed by atoms with Gasteiger partial charge in [0.25, 0.3) is 0 Å². The third-order valence-corrected chi connectivity index (χ3v) is 8.10. The van der Waals surface area contributed by atoms with Crippen molar-refractivity contribution in [2.24, 2.45) is 29.6 Å². The summed E-state index contributed by atoms with van der Waals surface area (Å²) in [6.07, 6.45) is 12.1. The van der Waals surface area contributed by atoms with E-state index in [1.54, 1.807) is 6.07 Å². The van der Waals surface area contributed by atoms with Gasteiger partial charge in [-0.05, 0) is 111 Å². The van der Waals surface area contributed by atoms with E-state index in [1.807, 2.05) is 0 Å². The van der Waals surface area contributed by atoms with Crippen molar-refractivity contribution in [3.63, 3.8) is 0 Å². The van der Waals surface area contributed by atoms with Gasteiger partial charge in [0.15, 0.2) is 11.6 Å². The highest BCUT2D eigenvalue weighted by atomic mass is 19.4. The van der Waals surface area contributed by atoms with Gasteiger partial charge in [0.05, 0.1) is 0 Å². The van der Waals surface area contributed by atoms with Crippen LogP contribution in [0.15, 0.2) is 30.4 Å². The Bertz CT molecular complexity index is 771. The van der Waals surface area contributed by atoms with Crippen LogP contribution in [0, 0.1) is 35.4 Å². The van der Waals surface area contributed by atoms with E-state index in [1.165, 1.54) is 51.0 Å². The van der Waals surface area contributed by atoms with Crippen molar-refractivity contribution in [1.82, 2.24) is 0 Å². The van der Waals surface area contributed by atoms with E-state index in [2.05, 4.69) is 23.8 Å². The first-order valence-electron chi connectivity index (χ1n) is 12.1. The highest BCUT2D eigenvalue weighted by Crippen LogP contribution is 2.55. The van der Waals surface area contributed by atoms with Gasteiger partial charge in [-0.15, -0.1) is 13.2 Å². The Hall–Kier alpha value is -1.52. The molecule has 5 heteroatoms. The number of hydrogen-bond donors (Lipinski definition) is 0. The maximum Gasteiger partial charge on any atom is 0.573 e. The zero-order valence-corrected chi connectivity index (χ0v) is 18.3. The van der Waals surface area contributed by atoms with Gasteiger partial charge in [0.2, 0.25) is 0 Å². The zero-order valence-electron chi connectivity index (χ0n) is 18.3. The molecule has 3 aliphatic carbocycles. The summed E-state index contributed by atoms with van der Waals surface area (Å²) in [6.45, 7) is 2.22. The predicted octanol–water partition coefficient (Wildman–Crippen LogP) is 8.41. The molecule has 6 unspecified atom stereocenters. The number of alkyl halides is 3. The molecule has 31 heavy (non-hydrogen) atoms. The predicted molar refractivity (Wildman–Crippen MR) is 114 cm³/mol. The van der Waals surface area contributed by atoms with Crippen LogP contribution in [0.25, 0.3) is 0 Å². The largest absolute Gasteiger partial charge is 0.573 e. The number of halogens is 4. The van der Waals surface area contributed by atoms with Gasteiger partial charge in [0, 0.05) is 0 Å². The van der Waals surface area contributed by atoms with Gasteiger partial charge in [-0.2, -0.15) is 0 Å². The molecule has 0 aromatic heterocycles. The molecule has 0 amide bonds. The quantitative estimate of drug-likeness (QED) is 0.331. The molecular weight excluding hydrogens is 404 g/mol. The number of rotatable bonds is 5. The van der Waals surface area contributed by atoms with Crippen LogP contribution >= 0.6 is 0 Å². The van der Waals surface area contributed by atoms with Crippen molar-refractivity contribution in [2.75, 3.05) is 0 Å². The average Bonchev–Trinajstić information content (AvgIpc) is 2.74. The number of unbranched alkanes of at least 4 members (excludes halogenated alkanes) is 1. The van der Waals surface area contributed by atoms with Crippen LogP contribution in [0.1, 0.15) is 82.6 Å². The van der Waals surface area contributed by atoms with Gasteiger partial charge in [-0.25, -0.2) is 4.39 Å². The van der Waals surface area contributed by atoms with Crippen molar-refractivity contribution in [3.8, 4) is 5.75 Å². The second-order valence-corrected chi connectivity index (χ2v) is 9.96. The molecule has 172 valence electrons. The molecule has 6 atom stereocenters. The molecular formula is C26H34F4O. The molecule has 1 aromatic rings. The first-order chi connectivity index (χ1) is 14.8. The van der Waals surface area contributed by atoms with Crippen molar-refractivity contribution >= 4 is 0 Å². The molecule has 0 radical (unpaired) electrons. The molecule has 4 rings (SSSR count). The number of hydrogen-bond acceptors (Lipinski definition) is 1. The van der Waals surface area contributed by atoms with Crippen molar-refractivity contribution in [2.45, 2.75) is 83.4 Å². The van der Waals surface area contributed by atoms with Crippen LogP contribution in [0.2, 0.25) is 0 Å². The van der Waals surface area contributed by atoms with Crippen LogP contribution in [-0.4, -0.2) is 6.36 Å². The minimum atomic E-state index is -4.87. The molecule has 0 N–H and O–H groups in total. The summed E-state index contributed by atoms with van der Waals surface area (Å²) < 4.78 is 55.2. The molecule has 3 saturated carbocycles. The summed E-state index contributed by atoms with van der Waals surface area (Å²) in [7, 11) is 0. The molecule has 3 fully saturated rings. The van der Waals surface area contributed by atoms with Crippen LogP contribution < -0.4 is 4.74 Å². The van der Waals surface area contributed by atoms with Gasteiger partial charge >= 0.3 is 6.36 Å². The number of benzene rings is 1. The minimum absolute atomic E-state index is 0.237. The van der Waals surface area contributed by atoms with Gasteiger partial charge < -0.3 is 4.74 Å². The Balaban J connectivity index is 1.36. The molecule has 1 nitrogen and oxygen atoms in total. The number of ether oxygens (including phenoxy) is 1. The Morgan fingerprint density at radius 1 is 0.968 bits per heavy atom. The van der Waals surface area contributed by atoms with Crippen molar-refractivity contribution in [3.05, 3.63) is 41.7 Å². The van der Waals surface area contributed by atoms with Crippen LogP contribution in [0.3, 0.4) is 0 Å². The lowest BCUT2D eigenvalue weighted by atomic mass is 9.55. The van der Waals surface area contributed by atoms with Crippen LogP contribution in [0.5, 0.6) is 5.75 Å². The molecule has 0 heterocycles. The topological polar surface area (TPSA) is 9.23 Å². The fourth-order valence-electron chi connectivity index (χ4n) is 6.74. The van der Waals surface area contributed by atoms with Crippen molar-refractivity contribution < 1.29 is 22.3 Å². The molecule has 0 saturated heterocycles. The van der Waals surface area contributed by atoms with Gasteiger partial charge in [-0.1, -0.05) is 31.6 Å². The van der Waals surface area contributed by atoms with E-state index >= 15 is 0 Å². The zero-order chi connectivity index (χ0) is 22.0. The number of fused-ring (bicyclic) bond motifs is 3. The van der Waals surface area contributed by atoms with E-state index in [4.69, 9.17) is 0 Å². The highest BCUT2D eigenvalue weighted by molar-refractivity contribution is 5.32. The summed E-state index contributed by atoms with van der Waals surface area (Å²) in [5, 5.41) is 0. The van der Waals surface area contributed by atoms with Gasteiger partial charge in [0.1, 0.15) is 0 Å². The summed E-state index contributed by atoms with van der Waals surface area (Å²) in [5.41, 5.74) is 0.817. The first-order valence-corrected chi connectivity index (χ1v) is 12.1. The molecule has 0 bridgehead atoms. The minimum Gasteiger partial charge on any atom is -0.403 e. The highest BCUT2D eigenvalue weighted by Gasteiger charge is 2.44. The Labute approximate surface area is 183 Å². The van der Waals surface area contributed by atoms with Crippen molar-refractivity contribution in [1.29, 1.82) is 0 Å². The fraction of sp³-hybridized carbons (Fsp3) is 0.692. The Morgan fingerprint density at radius 2 is 1.68 bits per heavy atom. The first kappa shape index (κ1) is 22.7. The van der Waals surface area contributed by atoms with E-state index in [-0.39, 0.29) is 5.92 Å². The molecule has 1 aromatic carbocycles. The van der Waals surface area contributed by atoms with E-state index < -0.39 is 17.9 Å². The summed E-state index contributed by atoms with van der Waals surface area (Å²) in [5.74, 6) is 2.44. The average molecular weight is 439 g/mol. The normalized spacial score (nSPS) is 33.7. The molecule has 3 aliphatic rings. The smallest absolute Gasteiger partial charge is 0.403 e. The maximum atomic E-state index is 14.2. The summed E-state index contributed by atoms with van der Waals surface area (Å²) >= 11 is 0. The standard InChI is InChI=1S/C26H34F4O/c1-2-3-4-5-17-6-11-22-20(14-17)7-8-21-15-18(9-12-23(21)22)19-10-13-25(24(27)16-19)31-26(28,29)30/h4-5,10,13,16-18,20-23H,2-3,6-9,11-12,14-15H2,1H3/b5-4+. The maximum absolute atomic E-state index is 14.2. The lowest BCUT2D eigenvalue weighted by Gasteiger charge is -2.50. The van der Waals surface area contributed by atoms with Crippen LogP contribution in [-0.2, 0) is 0 Å². The second-order valence-electron chi connectivity index (χ2n) is 9.96. The Kier molecular flexibility index (Phi) is 6.98. The lowest BCUT2D eigenvalue weighted by molar-refractivity contribution is -0.275. The monoisotopic (exact) mass is 438 g/mol. The third kappa shape index (κ3) is 5.46. The van der Waals surface area contributed by atoms with E-state index in [9.17, 15) is 17.6 Å². The SMILES string of the molecule is CCC/C=C/C1CCC2C(CCC3CC(c4ccc(OC(F)(F)F)c(F)c4)CCC32)C1. The van der Waals surface area contributed by atoms with Crippen LogP contribution in [0.4, 0.5) is 17.6 Å². The number of allylic oxidation sites excluding steroid dienone is 2. The van der Waals surface area contributed by atoms with E-state index in [0.717, 1.165) is 54.6 Å². The molecule has 0 aliphatic heterocycles. The summed E-state index contributed by atoms with van der Waals surface area (Å²) in [6, 6.07) is 4.01. The third-order valence-electron chi connectivity index (χ3n) is 8.10. The fourth-order valence-corrected chi connectivity index (χ4v) is 6.74.